The molecule has 0 spiro atoms. The van der Waals surface area contributed by atoms with Crippen LogP contribution in [0.2, 0.25) is 0 Å². The number of pyridine rings is 2. The zero-order valence-electron chi connectivity index (χ0n) is 17.6. The van der Waals surface area contributed by atoms with E-state index < -0.39 is 0 Å². The summed E-state index contributed by atoms with van der Waals surface area (Å²) in [6, 6.07) is 14.3. The molecule has 0 saturated carbocycles. The lowest BCUT2D eigenvalue weighted by atomic mass is 9.86. The molecule has 4 rings (SSSR count). The predicted octanol–water partition coefficient (Wildman–Crippen LogP) is 5.85. The van der Waals surface area contributed by atoms with E-state index in [4.69, 9.17) is 0 Å². The van der Waals surface area contributed by atoms with Crippen LogP contribution < -0.4 is 0 Å². The van der Waals surface area contributed by atoms with Gasteiger partial charge in [-0.1, -0.05) is 47.6 Å². The van der Waals surface area contributed by atoms with Gasteiger partial charge in [-0.05, 0) is 47.4 Å². The third kappa shape index (κ3) is 4.69. The second-order valence-electron chi connectivity index (χ2n) is 9.03. The van der Waals surface area contributed by atoms with Gasteiger partial charge in [-0.25, -0.2) is 9.97 Å². The highest BCUT2D eigenvalue weighted by atomic mass is 14.8. The zero-order valence-corrected chi connectivity index (χ0v) is 17.6. The van der Waals surface area contributed by atoms with Crippen LogP contribution in [0.15, 0.2) is 61.2 Å². The van der Waals surface area contributed by atoms with Crippen molar-refractivity contribution in [3.63, 3.8) is 0 Å². The SMILES string of the molecule is CC(C)(C)c1ccc2ncccc2n1.CC(C)(C)c1ccc2ncncc2c1. The van der Waals surface area contributed by atoms with Crippen molar-refractivity contribution in [2.24, 2.45) is 0 Å². The summed E-state index contributed by atoms with van der Waals surface area (Å²) < 4.78 is 0. The minimum atomic E-state index is 0.101. The van der Waals surface area contributed by atoms with Gasteiger partial charge in [-0.2, -0.15) is 0 Å². The molecule has 3 aromatic heterocycles. The largest absolute Gasteiger partial charge is 0.255 e. The summed E-state index contributed by atoms with van der Waals surface area (Å²) >= 11 is 0. The van der Waals surface area contributed by atoms with Gasteiger partial charge in [0, 0.05) is 28.9 Å². The van der Waals surface area contributed by atoms with E-state index in [2.05, 4.69) is 85.7 Å². The Morgan fingerprint density at radius 3 is 2.18 bits per heavy atom. The minimum absolute atomic E-state index is 0.101. The Bertz CT molecular complexity index is 999. The van der Waals surface area contributed by atoms with Crippen molar-refractivity contribution < 1.29 is 0 Å². The number of hydrogen-bond donors (Lipinski definition) is 0. The lowest BCUT2D eigenvalue weighted by Crippen LogP contribution is -2.13. The van der Waals surface area contributed by atoms with Crippen molar-refractivity contribution >= 4 is 21.9 Å². The molecule has 1 aromatic carbocycles. The fraction of sp³-hybridized carbons (Fsp3) is 0.333. The summed E-state index contributed by atoms with van der Waals surface area (Å²) in [5.74, 6) is 0. The minimum Gasteiger partial charge on any atom is -0.255 e. The lowest BCUT2D eigenvalue weighted by molar-refractivity contribution is 0.571. The highest BCUT2D eigenvalue weighted by Gasteiger charge is 2.15. The van der Waals surface area contributed by atoms with Gasteiger partial charge in [0.05, 0.1) is 16.6 Å². The topological polar surface area (TPSA) is 51.6 Å². The molecule has 4 aromatic rings. The summed E-state index contributed by atoms with van der Waals surface area (Å²) in [5, 5.41) is 1.11. The number of fused-ring (bicyclic) bond motifs is 2. The average Bonchev–Trinajstić information content (AvgIpc) is 2.66. The van der Waals surface area contributed by atoms with Gasteiger partial charge >= 0.3 is 0 Å². The van der Waals surface area contributed by atoms with Crippen LogP contribution >= 0.6 is 0 Å². The quantitative estimate of drug-likeness (QED) is 0.388. The summed E-state index contributed by atoms with van der Waals surface area (Å²) in [4.78, 5) is 17.0. The van der Waals surface area contributed by atoms with Crippen molar-refractivity contribution in [2.75, 3.05) is 0 Å². The molecule has 0 aliphatic heterocycles. The maximum atomic E-state index is 4.58. The Kier molecular flexibility index (Phi) is 5.41. The van der Waals surface area contributed by atoms with Gasteiger partial charge in [0.15, 0.2) is 0 Å². The van der Waals surface area contributed by atoms with Gasteiger partial charge in [0.25, 0.3) is 0 Å². The van der Waals surface area contributed by atoms with E-state index in [9.17, 15) is 0 Å². The first-order chi connectivity index (χ1) is 13.1. The number of hydrogen-bond acceptors (Lipinski definition) is 4. The third-order valence-corrected chi connectivity index (χ3v) is 4.60. The molecule has 0 amide bonds. The maximum Gasteiger partial charge on any atom is 0.116 e. The first-order valence-electron chi connectivity index (χ1n) is 9.57. The molecule has 3 heterocycles. The molecule has 4 heteroatoms. The standard InChI is InChI=1S/2C12H14N2/c1-12(2,3)10-4-5-11-9(6-10)7-13-8-14-11;1-12(2,3)11-7-6-9-10(14-11)5-4-8-13-9/h2*4-8H,1-3H3. The molecule has 28 heavy (non-hydrogen) atoms. The third-order valence-electron chi connectivity index (χ3n) is 4.60. The number of benzene rings is 1. The van der Waals surface area contributed by atoms with Crippen molar-refractivity contribution in [3.8, 4) is 0 Å². The van der Waals surface area contributed by atoms with E-state index in [1.54, 1.807) is 12.5 Å². The molecule has 0 radical (unpaired) electrons. The Labute approximate surface area is 167 Å². The van der Waals surface area contributed by atoms with E-state index in [0.717, 1.165) is 27.6 Å². The van der Waals surface area contributed by atoms with E-state index in [0.29, 0.717) is 0 Å². The summed E-state index contributed by atoms with van der Waals surface area (Å²) in [7, 11) is 0. The van der Waals surface area contributed by atoms with Crippen LogP contribution in [0.5, 0.6) is 0 Å². The van der Waals surface area contributed by atoms with Crippen LogP contribution in [0.3, 0.4) is 0 Å². The van der Waals surface area contributed by atoms with Crippen LogP contribution in [-0.2, 0) is 10.8 Å². The molecule has 0 N–H and O–H groups in total. The van der Waals surface area contributed by atoms with Gasteiger partial charge in [0.2, 0.25) is 0 Å². The van der Waals surface area contributed by atoms with Crippen LogP contribution in [0.25, 0.3) is 21.9 Å². The van der Waals surface area contributed by atoms with E-state index in [-0.39, 0.29) is 10.8 Å². The van der Waals surface area contributed by atoms with Crippen molar-refractivity contribution in [1.29, 1.82) is 0 Å². The Balaban J connectivity index is 0.000000161. The van der Waals surface area contributed by atoms with Crippen LogP contribution in [0.4, 0.5) is 0 Å². The van der Waals surface area contributed by atoms with Crippen molar-refractivity contribution in [2.45, 2.75) is 52.4 Å². The molecule has 0 aliphatic rings. The first-order valence-corrected chi connectivity index (χ1v) is 9.57. The fourth-order valence-corrected chi connectivity index (χ4v) is 2.83. The Hall–Kier alpha value is -2.88. The van der Waals surface area contributed by atoms with Crippen LogP contribution in [0, 0.1) is 0 Å². The smallest absolute Gasteiger partial charge is 0.116 e. The monoisotopic (exact) mass is 372 g/mol. The molecule has 0 saturated heterocycles. The molecular weight excluding hydrogens is 344 g/mol. The second kappa shape index (κ2) is 7.63. The highest BCUT2D eigenvalue weighted by Crippen LogP contribution is 2.24. The van der Waals surface area contributed by atoms with E-state index >= 15 is 0 Å². The molecule has 4 nitrogen and oxygen atoms in total. The zero-order chi connectivity index (χ0) is 20.4. The molecule has 0 bridgehead atoms. The molecule has 0 fully saturated rings. The molecule has 0 atom stereocenters. The van der Waals surface area contributed by atoms with Crippen molar-refractivity contribution in [1.82, 2.24) is 19.9 Å². The Morgan fingerprint density at radius 1 is 0.714 bits per heavy atom. The van der Waals surface area contributed by atoms with Gasteiger partial charge in [0.1, 0.15) is 6.33 Å². The second-order valence-corrected chi connectivity index (χ2v) is 9.03. The van der Waals surface area contributed by atoms with Crippen LogP contribution in [-0.4, -0.2) is 19.9 Å². The van der Waals surface area contributed by atoms with Crippen LogP contribution in [0.1, 0.15) is 52.8 Å². The summed E-state index contributed by atoms with van der Waals surface area (Å²) in [5.41, 5.74) is 5.65. The van der Waals surface area contributed by atoms with E-state index in [1.165, 1.54) is 5.56 Å². The van der Waals surface area contributed by atoms with E-state index in [1.807, 2.05) is 24.4 Å². The normalized spacial score (nSPS) is 11.9. The van der Waals surface area contributed by atoms with Gasteiger partial charge < -0.3 is 0 Å². The predicted molar refractivity (Wildman–Crippen MR) is 116 cm³/mol. The maximum absolute atomic E-state index is 4.58. The lowest BCUT2D eigenvalue weighted by Gasteiger charge is -2.19. The molecule has 144 valence electrons. The van der Waals surface area contributed by atoms with Gasteiger partial charge in [-0.15, -0.1) is 0 Å². The van der Waals surface area contributed by atoms with Crippen molar-refractivity contribution in [3.05, 3.63) is 72.4 Å². The first kappa shape index (κ1) is 19.9. The summed E-state index contributed by atoms with van der Waals surface area (Å²) in [6.07, 6.45) is 5.23. The molecule has 0 aliphatic carbocycles. The summed E-state index contributed by atoms with van der Waals surface area (Å²) in [6.45, 7) is 13.1. The number of rotatable bonds is 0. The number of nitrogens with zero attached hydrogens (tertiary/aromatic N) is 4. The average molecular weight is 373 g/mol. The Morgan fingerprint density at radius 2 is 1.46 bits per heavy atom. The number of aromatic nitrogens is 4. The highest BCUT2D eigenvalue weighted by molar-refractivity contribution is 5.78. The molecular formula is C24H28N4. The molecule has 0 unspecified atom stereocenters. The fourth-order valence-electron chi connectivity index (χ4n) is 2.83. The van der Waals surface area contributed by atoms with Gasteiger partial charge in [-0.3, -0.25) is 9.97 Å².